The second-order valence-corrected chi connectivity index (χ2v) is 7.12. The average Bonchev–Trinajstić information content (AvgIpc) is 2.89. The van der Waals surface area contributed by atoms with Gasteiger partial charge in [-0.3, -0.25) is 0 Å². The van der Waals surface area contributed by atoms with E-state index in [2.05, 4.69) is 77.7 Å². The SMILES string of the molecule is CC(C)(C)c1ccc(/C=C/C(=[Se])N2CCCC2)cc1. The van der Waals surface area contributed by atoms with Gasteiger partial charge in [0.2, 0.25) is 0 Å². The third-order valence-corrected chi connectivity index (χ3v) is 4.44. The molecule has 1 heterocycles. The topological polar surface area (TPSA) is 3.24 Å². The second-order valence-electron chi connectivity index (χ2n) is 6.24. The van der Waals surface area contributed by atoms with Crippen LogP contribution in [0.4, 0.5) is 0 Å². The van der Waals surface area contributed by atoms with E-state index >= 15 is 0 Å². The summed E-state index contributed by atoms with van der Waals surface area (Å²) < 4.78 is 1.26. The molecule has 2 heteroatoms. The molecule has 1 aromatic carbocycles. The quantitative estimate of drug-likeness (QED) is 0.772. The molecule has 0 aromatic heterocycles. The Morgan fingerprint density at radius 2 is 1.68 bits per heavy atom. The molecule has 0 N–H and O–H groups in total. The first-order valence-electron chi connectivity index (χ1n) is 7.04. The molecule has 1 fully saturated rings. The van der Waals surface area contributed by atoms with Gasteiger partial charge in [0.05, 0.1) is 0 Å². The van der Waals surface area contributed by atoms with E-state index in [1.165, 1.54) is 41.6 Å². The zero-order valence-electron chi connectivity index (χ0n) is 12.1. The summed E-state index contributed by atoms with van der Waals surface area (Å²) in [5, 5.41) is 0. The van der Waals surface area contributed by atoms with E-state index in [1.54, 1.807) is 0 Å². The van der Waals surface area contributed by atoms with Crippen LogP contribution in [-0.4, -0.2) is 38.1 Å². The molecule has 19 heavy (non-hydrogen) atoms. The van der Waals surface area contributed by atoms with E-state index in [1.807, 2.05) is 0 Å². The monoisotopic (exact) mass is 321 g/mol. The Bertz CT molecular complexity index is 459. The van der Waals surface area contributed by atoms with Crippen molar-refractivity contribution in [2.24, 2.45) is 0 Å². The molecule has 0 unspecified atom stereocenters. The Morgan fingerprint density at radius 3 is 2.21 bits per heavy atom. The van der Waals surface area contributed by atoms with Crippen molar-refractivity contribution in [3.05, 3.63) is 41.5 Å². The van der Waals surface area contributed by atoms with Gasteiger partial charge in [0.15, 0.2) is 0 Å². The molecular weight excluding hydrogens is 297 g/mol. The number of likely N-dealkylation sites (tertiary alicyclic amines) is 1. The summed E-state index contributed by atoms with van der Waals surface area (Å²) >= 11 is 3.18. The summed E-state index contributed by atoms with van der Waals surface area (Å²) in [6.07, 6.45) is 7.02. The summed E-state index contributed by atoms with van der Waals surface area (Å²) in [5.41, 5.74) is 2.88. The van der Waals surface area contributed by atoms with Crippen LogP contribution in [0.5, 0.6) is 0 Å². The van der Waals surface area contributed by atoms with Gasteiger partial charge in [-0.1, -0.05) is 0 Å². The first-order valence-corrected chi connectivity index (χ1v) is 7.90. The van der Waals surface area contributed by atoms with Gasteiger partial charge in [-0.05, 0) is 0 Å². The summed E-state index contributed by atoms with van der Waals surface area (Å²) in [7, 11) is 0. The molecule has 1 aliphatic heterocycles. The van der Waals surface area contributed by atoms with Crippen LogP contribution in [0.3, 0.4) is 0 Å². The van der Waals surface area contributed by atoms with E-state index in [0.29, 0.717) is 0 Å². The predicted molar refractivity (Wildman–Crippen MR) is 85.7 cm³/mol. The van der Waals surface area contributed by atoms with Gasteiger partial charge in [-0.15, -0.1) is 0 Å². The van der Waals surface area contributed by atoms with Crippen molar-refractivity contribution >= 4 is 26.2 Å². The van der Waals surface area contributed by atoms with Crippen molar-refractivity contribution in [2.45, 2.75) is 39.0 Å². The van der Waals surface area contributed by atoms with Gasteiger partial charge in [-0.2, -0.15) is 0 Å². The van der Waals surface area contributed by atoms with Crippen LogP contribution in [0.25, 0.3) is 6.08 Å². The van der Waals surface area contributed by atoms with E-state index in [-0.39, 0.29) is 5.41 Å². The van der Waals surface area contributed by atoms with Crippen LogP contribution in [0.15, 0.2) is 30.3 Å². The Hall–Kier alpha value is -0.851. The maximum absolute atomic E-state index is 3.18. The predicted octanol–water partition coefficient (Wildman–Crippen LogP) is 3.39. The Labute approximate surface area is 125 Å². The van der Waals surface area contributed by atoms with Crippen LogP contribution >= 0.6 is 0 Å². The van der Waals surface area contributed by atoms with Crippen LogP contribution in [-0.2, 0) is 5.41 Å². The molecule has 102 valence electrons. The molecule has 1 nitrogen and oxygen atoms in total. The van der Waals surface area contributed by atoms with Crippen molar-refractivity contribution in [1.82, 2.24) is 4.90 Å². The van der Waals surface area contributed by atoms with Gasteiger partial charge in [0.25, 0.3) is 0 Å². The van der Waals surface area contributed by atoms with Crippen molar-refractivity contribution in [2.75, 3.05) is 13.1 Å². The van der Waals surface area contributed by atoms with Gasteiger partial charge < -0.3 is 0 Å². The Morgan fingerprint density at radius 1 is 1.11 bits per heavy atom. The number of benzene rings is 1. The van der Waals surface area contributed by atoms with E-state index < -0.39 is 0 Å². The van der Waals surface area contributed by atoms with E-state index in [9.17, 15) is 0 Å². The average molecular weight is 320 g/mol. The number of rotatable bonds is 3. The minimum atomic E-state index is 0.230. The first kappa shape index (κ1) is 14.6. The summed E-state index contributed by atoms with van der Waals surface area (Å²) in [4.78, 5) is 2.42. The fourth-order valence-electron chi connectivity index (χ4n) is 2.30. The third-order valence-electron chi connectivity index (χ3n) is 3.61. The van der Waals surface area contributed by atoms with Crippen LogP contribution < -0.4 is 0 Å². The van der Waals surface area contributed by atoms with Crippen LogP contribution in [0, 0.1) is 0 Å². The van der Waals surface area contributed by atoms with Gasteiger partial charge in [0, 0.05) is 0 Å². The minimum absolute atomic E-state index is 0.230. The molecule has 0 radical (unpaired) electrons. The molecule has 0 aliphatic carbocycles. The molecular formula is C17H23NSe. The molecule has 0 spiro atoms. The Balaban J connectivity index is 2.01. The van der Waals surface area contributed by atoms with E-state index in [4.69, 9.17) is 0 Å². The normalized spacial score (nSPS) is 16.3. The standard InChI is InChI=1S/C17H23NSe/c1-17(2,3)15-9-6-14(7-10-15)8-11-16(19)18-12-4-5-13-18/h6-11H,4-5,12-13H2,1-3H3/b11-8+. The van der Waals surface area contributed by atoms with Crippen LogP contribution in [0.1, 0.15) is 44.7 Å². The molecule has 1 aliphatic rings. The molecule has 1 saturated heterocycles. The van der Waals surface area contributed by atoms with Crippen molar-refractivity contribution in [3.63, 3.8) is 0 Å². The molecule has 0 amide bonds. The maximum atomic E-state index is 3.18. The van der Waals surface area contributed by atoms with Crippen molar-refractivity contribution in [1.29, 1.82) is 0 Å². The third kappa shape index (κ3) is 4.06. The summed E-state index contributed by atoms with van der Waals surface area (Å²) in [6.45, 7) is 9.12. The number of nitrogens with zero attached hydrogens (tertiary/aromatic N) is 1. The van der Waals surface area contributed by atoms with Crippen LogP contribution in [0.2, 0.25) is 0 Å². The zero-order chi connectivity index (χ0) is 13.9. The summed E-state index contributed by atoms with van der Waals surface area (Å²) in [6, 6.07) is 8.87. The fraction of sp³-hybridized carbons (Fsp3) is 0.471. The summed E-state index contributed by atoms with van der Waals surface area (Å²) in [5.74, 6) is 0. The molecule has 2 rings (SSSR count). The van der Waals surface area contributed by atoms with Gasteiger partial charge in [0.1, 0.15) is 0 Å². The fourth-order valence-corrected chi connectivity index (χ4v) is 2.83. The van der Waals surface area contributed by atoms with E-state index in [0.717, 1.165) is 0 Å². The molecule has 1 aromatic rings. The van der Waals surface area contributed by atoms with Gasteiger partial charge in [-0.25, -0.2) is 0 Å². The molecule has 0 saturated carbocycles. The second kappa shape index (κ2) is 6.07. The molecule has 0 atom stereocenters. The number of hydrogen-bond donors (Lipinski definition) is 0. The zero-order valence-corrected chi connectivity index (χ0v) is 13.9. The number of hydrogen-bond acceptors (Lipinski definition) is 1. The first-order chi connectivity index (χ1) is 8.97. The van der Waals surface area contributed by atoms with Gasteiger partial charge >= 0.3 is 125 Å². The van der Waals surface area contributed by atoms with Crippen molar-refractivity contribution in [3.8, 4) is 0 Å². The molecule has 0 bridgehead atoms. The van der Waals surface area contributed by atoms with Crippen molar-refractivity contribution < 1.29 is 0 Å². The Kier molecular flexibility index (Phi) is 4.65.